The third-order valence-corrected chi connectivity index (χ3v) is 2.64. The minimum absolute atomic E-state index is 0. The fraction of sp³-hybridized carbons (Fsp3) is 0.222. The summed E-state index contributed by atoms with van der Waals surface area (Å²) in [5.74, 6) is -0.443. The molecule has 0 bridgehead atoms. The number of carboxylic acids is 1. The fourth-order valence-corrected chi connectivity index (χ4v) is 1.80. The van der Waals surface area contributed by atoms with E-state index >= 15 is 0 Å². The topological polar surface area (TPSA) is 63.6 Å². The number of rotatable bonds is 5. The van der Waals surface area contributed by atoms with Crippen molar-refractivity contribution in [3.05, 3.63) is 30.3 Å². The van der Waals surface area contributed by atoms with Crippen molar-refractivity contribution in [3.8, 4) is 5.75 Å². The van der Waals surface area contributed by atoms with E-state index in [2.05, 4.69) is 0 Å². The molecular weight excluding hydrogens is 322 g/mol. The molecule has 0 amide bonds. The number of aliphatic carboxylic acids is 1. The Hall–Kier alpha value is -0.481. The van der Waals surface area contributed by atoms with Crippen LogP contribution in [0, 0.1) is 0 Å². The maximum absolute atomic E-state index is 11.2. The van der Waals surface area contributed by atoms with Gasteiger partial charge in [0, 0.05) is 6.16 Å². The number of carboxylic acid groups (broad SMARTS) is 1. The predicted molar refractivity (Wildman–Crippen MR) is 60.3 cm³/mol. The molecule has 1 atom stereocenters. The van der Waals surface area contributed by atoms with Gasteiger partial charge in [-0.15, -0.1) is 0 Å². The Morgan fingerprint density at radius 2 is 1.93 bits per heavy atom. The summed E-state index contributed by atoms with van der Waals surface area (Å²) in [6, 6.07) is 8.72. The number of hydrogen-bond donors (Lipinski definition) is 1. The first-order valence-electron chi connectivity index (χ1n) is 4.16. The van der Waals surface area contributed by atoms with Crippen LogP contribution in [0.25, 0.3) is 0 Å². The third-order valence-electron chi connectivity index (χ3n) is 1.52. The molecule has 0 heterocycles. The summed E-state index contributed by atoms with van der Waals surface area (Å²) in [5, 5.41) is 8.35. The van der Waals surface area contributed by atoms with Crippen LogP contribution < -0.4 is 4.52 Å². The molecule has 1 N–H and O–H groups in total. The molecule has 4 nitrogen and oxygen atoms in total. The van der Waals surface area contributed by atoms with E-state index in [-0.39, 0.29) is 36.5 Å². The number of benzene rings is 1. The van der Waals surface area contributed by atoms with E-state index in [0.29, 0.717) is 5.75 Å². The zero-order valence-corrected chi connectivity index (χ0v) is 12.3. The molecule has 6 heteroatoms. The molecule has 0 aliphatic rings. The van der Waals surface area contributed by atoms with Crippen molar-refractivity contribution in [2.24, 2.45) is 0 Å². The standard InChI is InChI=1S/C9H11O4P.Sn.H/c10-9(11)6-7-14(12)13-8-4-2-1-3-5-8;;/h1-5,14H,6-7H2,(H,10,11);;. The average Bonchev–Trinajstić information content (AvgIpc) is 2.16. The van der Waals surface area contributed by atoms with E-state index < -0.39 is 14.0 Å². The van der Waals surface area contributed by atoms with E-state index in [4.69, 9.17) is 9.63 Å². The predicted octanol–water partition coefficient (Wildman–Crippen LogP) is 1.37. The summed E-state index contributed by atoms with van der Waals surface area (Å²) >= 11 is 0. The molecule has 0 fully saturated rings. The van der Waals surface area contributed by atoms with Gasteiger partial charge in [-0.05, 0) is 12.1 Å². The van der Waals surface area contributed by atoms with Crippen LogP contribution in [0.3, 0.4) is 0 Å². The van der Waals surface area contributed by atoms with Crippen molar-refractivity contribution in [1.82, 2.24) is 0 Å². The summed E-state index contributed by atoms with van der Waals surface area (Å²) in [6.45, 7) is 0. The molecule has 3 radical (unpaired) electrons. The Morgan fingerprint density at radius 3 is 2.47 bits per heavy atom. The second-order valence-electron chi connectivity index (χ2n) is 2.68. The quantitative estimate of drug-likeness (QED) is 0.653. The van der Waals surface area contributed by atoms with Crippen molar-refractivity contribution < 1.29 is 19.0 Å². The van der Waals surface area contributed by atoms with Crippen LogP contribution >= 0.6 is 8.03 Å². The first-order valence-corrected chi connectivity index (χ1v) is 5.68. The first-order chi connectivity index (χ1) is 6.68. The summed E-state index contributed by atoms with van der Waals surface area (Å²) < 4.78 is 16.3. The van der Waals surface area contributed by atoms with Gasteiger partial charge >= 0.3 is 29.9 Å². The monoisotopic (exact) mass is 335 g/mol. The van der Waals surface area contributed by atoms with Gasteiger partial charge in [-0.25, -0.2) is 0 Å². The van der Waals surface area contributed by atoms with Crippen LogP contribution in [-0.4, -0.2) is 41.1 Å². The van der Waals surface area contributed by atoms with Crippen LogP contribution in [0.5, 0.6) is 5.75 Å². The van der Waals surface area contributed by atoms with Gasteiger partial charge in [0.05, 0.1) is 6.42 Å². The Kier molecular flexibility index (Phi) is 7.52. The minimum atomic E-state index is -2.27. The number of hydrogen-bond acceptors (Lipinski definition) is 3. The van der Waals surface area contributed by atoms with E-state index in [1.807, 2.05) is 6.07 Å². The molecule has 0 saturated carbocycles. The van der Waals surface area contributed by atoms with Crippen LogP contribution in [0.2, 0.25) is 0 Å². The van der Waals surface area contributed by atoms with E-state index in [0.717, 1.165) is 0 Å². The van der Waals surface area contributed by atoms with Crippen LogP contribution in [0.4, 0.5) is 0 Å². The summed E-state index contributed by atoms with van der Waals surface area (Å²) in [6.07, 6.45) is -0.0421. The SMILES string of the molecule is O=C(O)CC[PH](=O)Oc1ccccc1.[SnH]. The molecule has 81 valence electrons. The Balaban J connectivity index is 0.00000196. The van der Waals surface area contributed by atoms with Crippen LogP contribution in [0.1, 0.15) is 6.42 Å². The normalized spacial score (nSPS) is 11.2. The molecule has 1 unspecified atom stereocenters. The van der Waals surface area contributed by atoms with Crippen molar-refractivity contribution in [2.75, 3.05) is 6.16 Å². The molecule has 0 aliphatic heterocycles. The van der Waals surface area contributed by atoms with Crippen molar-refractivity contribution in [3.63, 3.8) is 0 Å². The van der Waals surface area contributed by atoms with E-state index in [1.54, 1.807) is 24.3 Å². The van der Waals surface area contributed by atoms with Crippen LogP contribution in [0.15, 0.2) is 30.3 Å². The molecule has 0 aromatic heterocycles. The van der Waals surface area contributed by atoms with Crippen molar-refractivity contribution in [2.45, 2.75) is 6.42 Å². The first kappa shape index (κ1) is 14.5. The second-order valence-corrected chi connectivity index (χ2v) is 4.13. The van der Waals surface area contributed by atoms with E-state index in [9.17, 15) is 9.36 Å². The Morgan fingerprint density at radius 1 is 1.33 bits per heavy atom. The third kappa shape index (κ3) is 6.57. The van der Waals surface area contributed by atoms with Gasteiger partial charge in [-0.2, -0.15) is 0 Å². The van der Waals surface area contributed by atoms with Gasteiger partial charge in [0.2, 0.25) is 8.03 Å². The van der Waals surface area contributed by atoms with Crippen molar-refractivity contribution in [1.29, 1.82) is 0 Å². The molecule has 1 aromatic rings. The summed E-state index contributed by atoms with van der Waals surface area (Å²) in [7, 11) is -2.27. The van der Waals surface area contributed by atoms with Gasteiger partial charge in [-0.3, -0.25) is 9.36 Å². The fourth-order valence-electron chi connectivity index (χ4n) is 0.880. The van der Waals surface area contributed by atoms with Gasteiger partial charge in [-0.1, -0.05) is 18.2 Å². The van der Waals surface area contributed by atoms with Crippen molar-refractivity contribution >= 4 is 37.9 Å². The Bertz CT molecular complexity index is 328. The average molecular weight is 334 g/mol. The maximum atomic E-state index is 11.2. The zero-order chi connectivity index (χ0) is 10.4. The van der Waals surface area contributed by atoms with E-state index in [1.165, 1.54) is 0 Å². The van der Waals surface area contributed by atoms with Gasteiger partial charge < -0.3 is 9.63 Å². The molecule has 0 spiro atoms. The molecule has 15 heavy (non-hydrogen) atoms. The molecule has 1 rings (SSSR count). The molecule has 1 aromatic carbocycles. The zero-order valence-electron chi connectivity index (χ0n) is 8.05. The van der Waals surface area contributed by atoms with Crippen LogP contribution in [-0.2, 0) is 9.36 Å². The number of para-hydroxylation sites is 1. The van der Waals surface area contributed by atoms with Gasteiger partial charge in [0.25, 0.3) is 0 Å². The molecule has 0 aliphatic carbocycles. The molecular formula is C9H12O4PSn. The van der Waals surface area contributed by atoms with Gasteiger partial charge in [0.1, 0.15) is 5.75 Å². The summed E-state index contributed by atoms with van der Waals surface area (Å²) in [4.78, 5) is 10.2. The second kappa shape index (κ2) is 7.76. The Labute approximate surface area is 105 Å². The molecule has 0 saturated heterocycles. The number of carbonyl (C=O) groups is 1. The summed E-state index contributed by atoms with van der Waals surface area (Å²) in [5.41, 5.74) is 0. The van der Waals surface area contributed by atoms with Gasteiger partial charge in [0.15, 0.2) is 0 Å².